The molecular formula is C58H35N3O. The van der Waals surface area contributed by atoms with Gasteiger partial charge in [0.25, 0.3) is 0 Å². The van der Waals surface area contributed by atoms with Crippen molar-refractivity contribution in [1.82, 2.24) is 15.0 Å². The Morgan fingerprint density at radius 1 is 0.290 bits per heavy atom. The third-order valence-electron chi connectivity index (χ3n) is 13.0. The number of fused-ring (bicyclic) bond motifs is 13. The molecule has 2 heterocycles. The predicted octanol–water partition coefficient (Wildman–Crippen LogP) is 14.4. The summed E-state index contributed by atoms with van der Waals surface area (Å²) in [7, 11) is 0. The molecule has 0 saturated carbocycles. The zero-order chi connectivity index (χ0) is 40.8. The van der Waals surface area contributed by atoms with Crippen LogP contribution in [0.1, 0.15) is 22.3 Å². The number of hydrogen-bond donors (Lipinski definition) is 0. The maximum absolute atomic E-state index is 6.41. The minimum Gasteiger partial charge on any atom is -0.455 e. The van der Waals surface area contributed by atoms with E-state index in [4.69, 9.17) is 19.4 Å². The monoisotopic (exact) mass is 789 g/mol. The first-order chi connectivity index (χ1) is 30.7. The molecule has 62 heavy (non-hydrogen) atoms. The van der Waals surface area contributed by atoms with Crippen LogP contribution in [0, 0.1) is 0 Å². The van der Waals surface area contributed by atoms with E-state index in [0.717, 1.165) is 49.8 Å². The van der Waals surface area contributed by atoms with Gasteiger partial charge in [-0.05, 0) is 78.9 Å². The molecule has 0 unspecified atom stereocenters. The van der Waals surface area contributed by atoms with E-state index in [-0.39, 0.29) is 5.41 Å². The summed E-state index contributed by atoms with van der Waals surface area (Å²) < 4.78 is 6.41. The molecule has 0 aliphatic heterocycles. The molecule has 2 aliphatic carbocycles. The van der Waals surface area contributed by atoms with Crippen LogP contribution in [0.15, 0.2) is 217 Å². The number of benzene rings is 9. The van der Waals surface area contributed by atoms with Crippen molar-refractivity contribution in [3.8, 4) is 78.7 Å². The summed E-state index contributed by atoms with van der Waals surface area (Å²) in [4.78, 5) is 15.1. The van der Waals surface area contributed by atoms with E-state index in [1.807, 2.05) is 60.7 Å². The van der Waals surface area contributed by atoms with Crippen molar-refractivity contribution in [2.75, 3.05) is 0 Å². The van der Waals surface area contributed by atoms with Gasteiger partial charge >= 0.3 is 0 Å². The standard InChI is InChI=1S/C58H35N3O/c1-2-14-39(15-3-1)55-59-56(61-57(60-55)47-22-12-21-45-44-18-7-11-27-52(44)62-54(45)47)40-34-30-37(31-35-40)36-28-32-38(33-29-36)41-20-13-26-51-53(41)46-19-6-10-25-50(46)58(51)48-23-8-4-16-42(48)43-17-5-9-24-49(43)58/h1-35H. The molecule has 2 aliphatic rings. The van der Waals surface area contributed by atoms with E-state index in [2.05, 4.69) is 152 Å². The molecule has 0 radical (unpaired) electrons. The van der Waals surface area contributed by atoms with Crippen molar-refractivity contribution in [2.24, 2.45) is 0 Å². The Kier molecular flexibility index (Phi) is 7.49. The summed E-state index contributed by atoms with van der Waals surface area (Å²) in [6.07, 6.45) is 0. The lowest BCUT2D eigenvalue weighted by atomic mass is 9.70. The smallest absolute Gasteiger partial charge is 0.167 e. The molecule has 4 heteroatoms. The average Bonchev–Trinajstić information content (AvgIpc) is 3.99. The minimum absolute atomic E-state index is 0.362. The highest BCUT2D eigenvalue weighted by molar-refractivity contribution is 6.09. The van der Waals surface area contributed by atoms with Crippen LogP contribution in [-0.2, 0) is 5.41 Å². The van der Waals surface area contributed by atoms with Gasteiger partial charge in [0.1, 0.15) is 11.2 Å². The maximum Gasteiger partial charge on any atom is 0.167 e. The number of para-hydroxylation sites is 2. The molecule has 288 valence electrons. The number of hydrogen-bond acceptors (Lipinski definition) is 4. The molecular weight excluding hydrogens is 755 g/mol. The fourth-order valence-electron chi connectivity index (χ4n) is 10.3. The highest BCUT2D eigenvalue weighted by Gasteiger charge is 2.51. The Labute approximate surface area is 358 Å². The van der Waals surface area contributed by atoms with Gasteiger partial charge in [-0.3, -0.25) is 0 Å². The lowest BCUT2D eigenvalue weighted by Crippen LogP contribution is -2.25. The predicted molar refractivity (Wildman–Crippen MR) is 251 cm³/mol. The third kappa shape index (κ3) is 4.98. The van der Waals surface area contributed by atoms with Crippen molar-refractivity contribution in [3.05, 3.63) is 235 Å². The van der Waals surface area contributed by atoms with Crippen LogP contribution in [-0.4, -0.2) is 15.0 Å². The van der Waals surface area contributed by atoms with Crippen LogP contribution in [0.4, 0.5) is 0 Å². The molecule has 2 aromatic heterocycles. The van der Waals surface area contributed by atoms with E-state index in [1.165, 1.54) is 55.6 Å². The molecule has 0 N–H and O–H groups in total. The molecule has 0 atom stereocenters. The van der Waals surface area contributed by atoms with E-state index in [1.54, 1.807) is 0 Å². The molecule has 0 saturated heterocycles. The minimum atomic E-state index is -0.362. The second kappa shape index (κ2) is 13.4. The van der Waals surface area contributed by atoms with Gasteiger partial charge in [0, 0.05) is 21.9 Å². The van der Waals surface area contributed by atoms with E-state index < -0.39 is 0 Å². The van der Waals surface area contributed by atoms with Gasteiger partial charge in [-0.15, -0.1) is 0 Å². The van der Waals surface area contributed by atoms with Crippen LogP contribution >= 0.6 is 0 Å². The van der Waals surface area contributed by atoms with Gasteiger partial charge < -0.3 is 4.42 Å². The van der Waals surface area contributed by atoms with E-state index in [9.17, 15) is 0 Å². The summed E-state index contributed by atoms with van der Waals surface area (Å²) >= 11 is 0. The Morgan fingerprint density at radius 2 is 0.742 bits per heavy atom. The van der Waals surface area contributed by atoms with Crippen LogP contribution in [0.25, 0.3) is 101 Å². The molecule has 9 aromatic carbocycles. The molecule has 1 spiro atoms. The zero-order valence-corrected chi connectivity index (χ0v) is 33.5. The van der Waals surface area contributed by atoms with Crippen molar-refractivity contribution in [3.63, 3.8) is 0 Å². The Balaban J connectivity index is 0.877. The molecule has 0 amide bonds. The quantitative estimate of drug-likeness (QED) is 0.174. The highest BCUT2D eigenvalue weighted by atomic mass is 16.3. The number of furan rings is 1. The Bertz CT molecular complexity index is 3520. The second-order valence-electron chi connectivity index (χ2n) is 16.2. The number of aromatic nitrogens is 3. The summed E-state index contributed by atoms with van der Waals surface area (Å²) in [6.45, 7) is 0. The third-order valence-corrected chi connectivity index (χ3v) is 13.0. The van der Waals surface area contributed by atoms with Crippen molar-refractivity contribution in [2.45, 2.75) is 5.41 Å². The zero-order valence-electron chi connectivity index (χ0n) is 33.5. The first-order valence-electron chi connectivity index (χ1n) is 21.1. The molecule has 4 nitrogen and oxygen atoms in total. The van der Waals surface area contributed by atoms with Crippen LogP contribution in [0.2, 0.25) is 0 Å². The van der Waals surface area contributed by atoms with Crippen LogP contribution in [0.3, 0.4) is 0 Å². The molecule has 11 aromatic rings. The van der Waals surface area contributed by atoms with Gasteiger partial charge in [-0.25, -0.2) is 15.0 Å². The van der Waals surface area contributed by atoms with Crippen molar-refractivity contribution >= 4 is 21.9 Å². The lowest BCUT2D eigenvalue weighted by molar-refractivity contribution is 0.669. The fraction of sp³-hybridized carbons (Fsp3) is 0.0172. The van der Waals surface area contributed by atoms with Crippen LogP contribution < -0.4 is 0 Å². The summed E-state index contributed by atoms with van der Waals surface area (Å²) in [5, 5.41) is 2.10. The first kappa shape index (κ1) is 34.6. The van der Waals surface area contributed by atoms with Gasteiger partial charge in [0.15, 0.2) is 17.5 Å². The van der Waals surface area contributed by atoms with Crippen LogP contribution in [0.5, 0.6) is 0 Å². The first-order valence-corrected chi connectivity index (χ1v) is 21.1. The maximum atomic E-state index is 6.41. The molecule has 0 bridgehead atoms. The van der Waals surface area contributed by atoms with E-state index >= 15 is 0 Å². The normalized spacial score (nSPS) is 13.0. The second-order valence-corrected chi connectivity index (χ2v) is 16.2. The number of rotatable bonds is 5. The highest BCUT2D eigenvalue weighted by Crippen LogP contribution is 2.63. The summed E-state index contributed by atoms with van der Waals surface area (Å²) in [5.74, 6) is 1.79. The average molecular weight is 790 g/mol. The van der Waals surface area contributed by atoms with Gasteiger partial charge in [0.2, 0.25) is 0 Å². The fourth-order valence-corrected chi connectivity index (χ4v) is 10.3. The number of nitrogens with zero attached hydrogens (tertiary/aromatic N) is 3. The van der Waals surface area contributed by atoms with Crippen molar-refractivity contribution < 1.29 is 4.42 Å². The van der Waals surface area contributed by atoms with Gasteiger partial charge in [-0.1, -0.05) is 200 Å². The van der Waals surface area contributed by atoms with Gasteiger partial charge in [0.05, 0.1) is 11.0 Å². The van der Waals surface area contributed by atoms with E-state index in [0.29, 0.717) is 17.5 Å². The topological polar surface area (TPSA) is 51.8 Å². The summed E-state index contributed by atoms with van der Waals surface area (Å²) in [6, 6.07) is 75.7. The van der Waals surface area contributed by atoms with Gasteiger partial charge in [-0.2, -0.15) is 0 Å². The lowest BCUT2D eigenvalue weighted by Gasteiger charge is -2.30. The van der Waals surface area contributed by atoms with Crippen molar-refractivity contribution in [1.29, 1.82) is 0 Å². The molecule has 0 fully saturated rings. The largest absolute Gasteiger partial charge is 0.455 e. The SMILES string of the molecule is c1ccc(-c2nc(-c3ccc(-c4ccc(-c5cccc6c5-c5ccccc5C65c6ccccc6-c6ccccc65)cc4)cc3)nc(-c3cccc4c3oc3ccccc34)n2)cc1. The Hall–Kier alpha value is -8.21. The summed E-state index contributed by atoms with van der Waals surface area (Å²) in [5.41, 5.74) is 19.3. The molecule has 13 rings (SSSR count). The Morgan fingerprint density at radius 3 is 1.44 bits per heavy atom.